The number of nitrogens with zero attached hydrogens (tertiary/aromatic N) is 3. The van der Waals surface area contributed by atoms with Gasteiger partial charge in [0.15, 0.2) is 0 Å². The molecule has 0 saturated heterocycles. The van der Waals surface area contributed by atoms with Crippen LogP contribution in [0.1, 0.15) is 30.9 Å². The van der Waals surface area contributed by atoms with Crippen molar-refractivity contribution in [2.75, 3.05) is 30.2 Å². The van der Waals surface area contributed by atoms with Crippen LogP contribution in [0.5, 0.6) is 0 Å². The molecule has 4 aromatic rings. The summed E-state index contributed by atoms with van der Waals surface area (Å²) in [6.45, 7) is 5.57. The maximum absolute atomic E-state index is 15.0. The molecule has 8 nitrogen and oxygen atoms in total. The molecule has 0 unspecified atom stereocenters. The van der Waals surface area contributed by atoms with Crippen LogP contribution in [-0.2, 0) is 15.8 Å². The molecule has 0 radical (unpaired) electrons. The number of benzene rings is 2. The van der Waals surface area contributed by atoms with Gasteiger partial charge < -0.3 is 10.6 Å². The second-order valence-corrected chi connectivity index (χ2v) is 10.5. The molecule has 36 heavy (non-hydrogen) atoms. The Balaban J connectivity index is 1.62. The number of hydrogen-bond acceptors (Lipinski definition) is 7. The van der Waals surface area contributed by atoms with E-state index in [0.29, 0.717) is 34.8 Å². The SMILES string of the molecule is CNCCNc1ncc2nc(-c3ccc(NS(=O)(=O)Cc4ccccc4)c(F)c3)cc(C(C)C)c2n1. The molecule has 0 fully saturated rings. The molecule has 4 rings (SSSR count). The zero-order valence-electron chi connectivity index (χ0n) is 20.4. The lowest BCUT2D eigenvalue weighted by molar-refractivity contribution is 0.598. The van der Waals surface area contributed by atoms with Crippen molar-refractivity contribution in [3.8, 4) is 11.3 Å². The normalized spacial score (nSPS) is 11.7. The van der Waals surface area contributed by atoms with Crippen molar-refractivity contribution < 1.29 is 12.8 Å². The number of fused-ring (bicyclic) bond motifs is 1. The van der Waals surface area contributed by atoms with Gasteiger partial charge in [0.05, 0.1) is 28.8 Å². The van der Waals surface area contributed by atoms with Crippen LogP contribution in [0.2, 0.25) is 0 Å². The number of pyridine rings is 1. The van der Waals surface area contributed by atoms with Crippen molar-refractivity contribution in [1.82, 2.24) is 20.3 Å². The lowest BCUT2D eigenvalue weighted by atomic mass is 9.99. The first-order valence-corrected chi connectivity index (χ1v) is 13.3. The molecule has 0 aliphatic carbocycles. The summed E-state index contributed by atoms with van der Waals surface area (Å²) in [4.78, 5) is 13.7. The Morgan fingerprint density at radius 1 is 1.00 bits per heavy atom. The largest absolute Gasteiger partial charge is 0.353 e. The zero-order chi connectivity index (χ0) is 25.7. The number of sulfonamides is 1. The highest BCUT2D eigenvalue weighted by Gasteiger charge is 2.17. The summed E-state index contributed by atoms with van der Waals surface area (Å²) in [6.07, 6.45) is 1.65. The van der Waals surface area contributed by atoms with Crippen molar-refractivity contribution >= 4 is 32.7 Å². The summed E-state index contributed by atoms with van der Waals surface area (Å²) in [6, 6.07) is 15.0. The molecule has 2 aromatic heterocycles. The van der Waals surface area contributed by atoms with E-state index in [1.807, 2.05) is 13.1 Å². The Hall–Kier alpha value is -3.63. The van der Waals surface area contributed by atoms with Crippen LogP contribution >= 0.6 is 0 Å². The van der Waals surface area contributed by atoms with Crippen molar-refractivity contribution in [2.45, 2.75) is 25.5 Å². The van der Waals surface area contributed by atoms with Crippen molar-refractivity contribution in [2.24, 2.45) is 0 Å². The second kappa shape index (κ2) is 11.0. The van der Waals surface area contributed by atoms with Gasteiger partial charge >= 0.3 is 0 Å². The molecule has 0 bridgehead atoms. The van der Waals surface area contributed by atoms with Crippen LogP contribution < -0.4 is 15.4 Å². The summed E-state index contributed by atoms with van der Waals surface area (Å²) in [5.74, 6) is -0.266. The highest BCUT2D eigenvalue weighted by molar-refractivity contribution is 7.91. The van der Waals surface area contributed by atoms with Crippen molar-refractivity contribution in [1.29, 1.82) is 0 Å². The molecular formula is C26H29FN6O2S. The van der Waals surface area contributed by atoms with Gasteiger partial charge in [0, 0.05) is 18.7 Å². The van der Waals surface area contributed by atoms with Gasteiger partial charge in [0.2, 0.25) is 16.0 Å². The predicted molar refractivity (Wildman–Crippen MR) is 142 cm³/mol. The van der Waals surface area contributed by atoms with Crippen LogP contribution in [0.3, 0.4) is 0 Å². The van der Waals surface area contributed by atoms with Crippen molar-refractivity contribution in [3.05, 3.63) is 77.7 Å². The highest BCUT2D eigenvalue weighted by atomic mass is 32.2. The quantitative estimate of drug-likeness (QED) is 0.270. The zero-order valence-corrected chi connectivity index (χ0v) is 21.2. The Morgan fingerprint density at radius 3 is 2.47 bits per heavy atom. The van der Waals surface area contributed by atoms with E-state index in [1.54, 1.807) is 42.6 Å². The van der Waals surface area contributed by atoms with Gasteiger partial charge in [0.1, 0.15) is 11.3 Å². The van der Waals surface area contributed by atoms with E-state index < -0.39 is 15.8 Å². The fourth-order valence-corrected chi connectivity index (χ4v) is 4.98. The second-order valence-electron chi connectivity index (χ2n) is 8.75. The van der Waals surface area contributed by atoms with E-state index in [4.69, 9.17) is 0 Å². The van der Waals surface area contributed by atoms with E-state index in [2.05, 4.69) is 44.2 Å². The topological polar surface area (TPSA) is 109 Å². The molecule has 0 atom stereocenters. The molecule has 0 saturated carbocycles. The third-order valence-corrected chi connectivity index (χ3v) is 6.83. The third kappa shape index (κ3) is 6.13. The van der Waals surface area contributed by atoms with Gasteiger partial charge in [-0.25, -0.2) is 27.8 Å². The average Bonchev–Trinajstić information content (AvgIpc) is 2.85. The minimum absolute atomic E-state index is 0.111. The number of rotatable bonds is 10. The predicted octanol–water partition coefficient (Wildman–Crippen LogP) is 4.53. The fraction of sp³-hybridized carbons (Fsp3) is 0.269. The van der Waals surface area contributed by atoms with E-state index in [-0.39, 0.29) is 17.4 Å². The summed E-state index contributed by atoms with van der Waals surface area (Å²) in [5.41, 5.74) is 3.89. The third-order valence-electron chi connectivity index (χ3n) is 5.59. The standard InChI is InChI=1S/C26H29FN6O2S/c1-17(2)20-14-23(31-24-15-30-26(32-25(20)24)29-12-11-28-3)19-9-10-22(21(27)13-19)33-36(34,35)16-18-7-5-4-6-8-18/h4-10,13-15,17,28,33H,11-12,16H2,1-3H3,(H,29,30,32). The fourth-order valence-electron chi connectivity index (χ4n) is 3.77. The first-order chi connectivity index (χ1) is 17.3. The Bertz CT molecular complexity index is 1460. The number of likely N-dealkylation sites (N-methyl/N-ethyl adjacent to an activating group) is 1. The lowest BCUT2D eigenvalue weighted by Gasteiger charge is -2.14. The lowest BCUT2D eigenvalue weighted by Crippen LogP contribution is -2.18. The van der Waals surface area contributed by atoms with Crippen LogP contribution in [0.4, 0.5) is 16.0 Å². The number of nitrogens with one attached hydrogen (secondary N) is 3. The van der Waals surface area contributed by atoms with Gasteiger partial charge in [-0.2, -0.15) is 0 Å². The van der Waals surface area contributed by atoms with Crippen LogP contribution in [0, 0.1) is 5.82 Å². The van der Waals surface area contributed by atoms with Gasteiger partial charge in [-0.05, 0) is 42.3 Å². The molecular weight excluding hydrogens is 479 g/mol. The highest BCUT2D eigenvalue weighted by Crippen LogP contribution is 2.30. The molecule has 2 heterocycles. The molecule has 2 aromatic carbocycles. The Kier molecular flexibility index (Phi) is 7.76. The Morgan fingerprint density at radius 2 is 1.78 bits per heavy atom. The van der Waals surface area contributed by atoms with Gasteiger partial charge in [-0.15, -0.1) is 0 Å². The summed E-state index contributed by atoms with van der Waals surface area (Å²) < 4.78 is 42.4. The molecule has 3 N–H and O–H groups in total. The smallest absolute Gasteiger partial charge is 0.237 e. The van der Waals surface area contributed by atoms with Crippen LogP contribution in [0.15, 0.2) is 60.8 Å². The first-order valence-electron chi connectivity index (χ1n) is 11.7. The average molecular weight is 509 g/mol. The number of hydrogen-bond donors (Lipinski definition) is 3. The number of aromatic nitrogens is 3. The Labute approximate surface area is 210 Å². The molecule has 0 spiro atoms. The minimum Gasteiger partial charge on any atom is -0.353 e. The molecule has 188 valence electrons. The number of anilines is 2. The maximum Gasteiger partial charge on any atom is 0.237 e. The summed E-state index contributed by atoms with van der Waals surface area (Å²) >= 11 is 0. The molecule has 0 aliphatic rings. The van der Waals surface area contributed by atoms with Crippen LogP contribution in [-0.4, -0.2) is 43.5 Å². The summed E-state index contributed by atoms with van der Waals surface area (Å²) in [7, 11) is -1.90. The van der Waals surface area contributed by atoms with Crippen molar-refractivity contribution in [3.63, 3.8) is 0 Å². The maximum atomic E-state index is 15.0. The van der Waals surface area contributed by atoms with E-state index in [1.165, 1.54) is 12.1 Å². The monoisotopic (exact) mass is 508 g/mol. The van der Waals surface area contributed by atoms with Gasteiger partial charge in [0.25, 0.3) is 0 Å². The van der Waals surface area contributed by atoms with Crippen LogP contribution in [0.25, 0.3) is 22.3 Å². The van der Waals surface area contributed by atoms with E-state index in [0.717, 1.165) is 17.6 Å². The van der Waals surface area contributed by atoms with Gasteiger partial charge in [-0.1, -0.05) is 50.2 Å². The molecule has 0 aliphatic heterocycles. The van der Waals surface area contributed by atoms with Gasteiger partial charge in [-0.3, -0.25) is 4.72 Å². The molecule has 0 amide bonds. The van der Waals surface area contributed by atoms with E-state index >= 15 is 0 Å². The molecule has 10 heteroatoms. The number of halogens is 1. The summed E-state index contributed by atoms with van der Waals surface area (Å²) in [5, 5.41) is 6.24. The van der Waals surface area contributed by atoms with E-state index in [9.17, 15) is 12.8 Å². The minimum atomic E-state index is -3.78. The first kappa shape index (κ1) is 25.5.